The van der Waals surface area contributed by atoms with Gasteiger partial charge in [-0.25, -0.2) is 4.98 Å². The Bertz CT molecular complexity index is 855. The van der Waals surface area contributed by atoms with Crippen molar-refractivity contribution in [1.82, 2.24) is 14.5 Å². The van der Waals surface area contributed by atoms with Gasteiger partial charge < -0.3 is 9.55 Å². The van der Waals surface area contributed by atoms with E-state index in [1.54, 1.807) is 6.07 Å². The second-order valence-electron chi connectivity index (χ2n) is 7.15. The number of nitrogens with one attached hydrogen (secondary N) is 1. The summed E-state index contributed by atoms with van der Waals surface area (Å²) in [5.41, 5.74) is 6.15. The molecule has 4 heteroatoms. The molecule has 0 aliphatic carbocycles. The number of nitrogens with zero attached hydrogens (tertiary/aromatic N) is 2. The van der Waals surface area contributed by atoms with Gasteiger partial charge in [0, 0.05) is 30.4 Å². The number of H-pyrrole nitrogens is 1. The zero-order valence-electron chi connectivity index (χ0n) is 16.8. The molecule has 2 heterocycles. The molecule has 0 aliphatic rings. The van der Waals surface area contributed by atoms with Crippen LogP contribution in [0.1, 0.15) is 56.1 Å². The maximum Gasteiger partial charge on any atom is 0.250 e. The molecular formula is C22H31N3O. The highest BCUT2D eigenvalue weighted by Gasteiger charge is 2.16. The number of aromatic nitrogens is 3. The SMILES string of the molecule is C/C=C\C(=C/C)C(C)Cc1cn(CC(C)c2cc(=O)[nH]cn2)c(C)c1C. The highest BCUT2D eigenvalue weighted by molar-refractivity contribution is 5.33. The van der Waals surface area contributed by atoms with E-state index in [4.69, 9.17) is 0 Å². The van der Waals surface area contributed by atoms with E-state index in [0.717, 1.165) is 18.7 Å². The van der Waals surface area contributed by atoms with Crippen LogP contribution in [-0.4, -0.2) is 14.5 Å². The molecule has 0 radical (unpaired) electrons. The Balaban J connectivity index is 2.19. The molecule has 2 rings (SSSR count). The molecule has 0 aliphatic heterocycles. The maximum atomic E-state index is 11.5. The van der Waals surface area contributed by atoms with Gasteiger partial charge in [0.25, 0.3) is 5.56 Å². The van der Waals surface area contributed by atoms with Crippen molar-refractivity contribution in [3.63, 3.8) is 0 Å². The largest absolute Gasteiger partial charge is 0.350 e. The van der Waals surface area contributed by atoms with Crippen LogP contribution in [0.4, 0.5) is 0 Å². The lowest BCUT2D eigenvalue weighted by Crippen LogP contribution is -2.13. The van der Waals surface area contributed by atoms with Crippen molar-refractivity contribution < 1.29 is 0 Å². The van der Waals surface area contributed by atoms with Gasteiger partial charge in [-0.05, 0) is 56.7 Å². The first kappa shape index (κ1) is 20.0. The number of hydrogen-bond acceptors (Lipinski definition) is 2. The van der Waals surface area contributed by atoms with E-state index in [0.29, 0.717) is 5.92 Å². The summed E-state index contributed by atoms with van der Waals surface area (Å²) in [5, 5.41) is 0. The predicted molar refractivity (Wildman–Crippen MR) is 109 cm³/mol. The first-order chi connectivity index (χ1) is 12.4. The van der Waals surface area contributed by atoms with E-state index in [1.165, 1.54) is 28.7 Å². The van der Waals surface area contributed by atoms with Crippen LogP contribution in [0.3, 0.4) is 0 Å². The van der Waals surface area contributed by atoms with Crippen molar-refractivity contribution in [2.45, 2.75) is 60.4 Å². The Labute approximate surface area is 156 Å². The van der Waals surface area contributed by atoms with Gasteiger partial charge in [-0.1, -0.05) is 32.1 Å². The van der Waals surface area contributed by atoms with E-state index < -0.39 is 0 Å². The van der Waals surface area contributed by atoms with Crippen LogP contribution in [0, 0.1) is 19.8 Å². The summed E-state index contributed by atoms with van der Waals surface area (Å²) in [6, 6.07) is 1.59. The van der Waals surface area contributed by atoms with Crippen LogP contribution in [0.25, 0.3) is 0 Å². The van der Waals surface area contributed by atoms with Gasteiger partial charge in [0.15, 0.2) is 0 Å². The van der Waals surface area contributed by atoms with E-state index in [9.17, 15) is 4.79 Å². The molecule has 2 aromatic rings. The minimum absolute atomic E-state index is 0.0976. The Morgan fingerprint density at radius 2 is 2.04 bits per heavy atom. The third-order valence-corrected chi connectivity index (χ3v) is 5.23. The zero-order valence-corrected chi connectivity index (χ0v) is 16.8. The summed E-state index contributed by atoms with van der Waals surface area (Å²) >= 11 is 0. The Hall–Kier alpha value is -2.36. The van der Waals surface area contributed by atoms with E-state index in [2.05, 4.69) is 80.5 Å². The second kappa shape index (κ2) is 8.84. The lowest BCUT2D eigenvalue weighted by atomic mass is 9.92. The number of hydrogen-bond donors (Lipinski definition) is 1. The third-order valence-electron chi connectivity index (χ3n) is 5.23. The molecule has 140 valence electrons. The van der Waals surface area contributed by atoms with E-state index in [1.807, 2.05) is 0 Å². The monoisotopic (exact) mass is 353 g/mol. The fraction of sp³-hybridized carbons (Fsp3) is 0.455. The minimum Gasteiger partial charge on any atom is -0.350 e. The topological polar surface area (TPSA) is 50.7 Å². The lowest BCUT2D eigenvalue weighted by Gasteiger charge is -2.13. The molecule has 0 saturated heterocycles. The molecule has 0 saturated carbocycles. The summed E-state index contributed by atoms with van der Waals surface area (Å²) in [5.74, 6) is 0.666. The van der Waals surface area contributed by atoms with Crippen molar-refractivity contribution in [1.29, 1.82) is 0 Å². The van der Waals surface area contributed by atoms with Crippen LogP contribution in [0.5, 0.6) is 0 Å². The van der Waals surface area contributed by atoms with Crippen molar-refractivity contribution in [3.8, 4) is 0 Å². The van der Waals surface area contributed by atoms with Crippen molar-refractivity contribution in [3.05, 3.63) is 75.3 Å². The molecule has 0 amide bonds. The zero-order chi connectivity index (χ0) is 19.3. The van der Waals surface area contributed by atoms with E-state index in [-0.39, 0.29) is 11.5 Å². The van der Waals surface area contributed by atoms with Crippen LogP contribution < -0.4 is 5.56 Å². The first-order valence-corrected chi connectivity index (χ1v) is 9.36. The quantitative estimate of drug-likeness (QED) is 0.734. The summed E-state index contributed by atoms with van der Waals surface area (Å²) in [4.78, 5) is 18.4. The van der Waals surface area contributed by atoms with Gasteiger partial charge >= 0.3 is 0 Å². The first-order valence-electron chi connectivity index (χ1n) is 9.36. The molecule has 1 N–H and O–H groups in total. The lowest BCUT2D eigenvalue weighted by molar-refractivity contribution is 0.573. The Kier molecular flexibility index (Phi) is 6.78. The summed E-state index contributed by atoms with van der Waals surface area (Å²) in [7, 11) is 0. The number of rotatable bonds is 7. The number of allylic oxidation sites excluding steroid dienone is 4. The standard InChI is InChI=1S/C22H31N3O/c1-7-9-19(8-2)15(3)10-20-13-25(18(6)17(20)5)12-16(4)21-11-22(26)24-14-23-21/h7-9,11,13-16H,10,12H2,1-6H3,(H,23,24,26)/b9-7-,19-8+. The Morgan fingerprint density at radius 3 is 2.65 bits per heavy atom. The molecule has 26 heavy (non-hydrogen) atoms. The fourth-order valence-corrected chi connectivity index (χ4v) is 3.45. The molecule has 2 atom stereocenters. The molecule has 4 nitrogen and oxygen atoms in total. The molecular weight excluding hydrogens is 322 g/mol. The van der Waals surface area contributed by atoms with Gasteiger partial charge in [0.1, 0.15) is 0 Å². The van der Waals surface area contributed by atoms with Crippen LogP contribution in [-0.2, 0) is 13.0 Å². The fourth-order valence-electron chi connectivity index (χ4n) is 3.45. The molecule has 0 bridgehead atoms. The van der Waals surface area contributed by atoms with Crippen molar-refractivity contribution >= 4 is 0 Å². The van der Waals surface area contributed by atoms with E-state index >= 15 is 0 Å². The predicted octanol–water partition coefficient (Wildman–Crippen LogP) is 4.69. The highest BCUT2D eigenvalue weighted by atomic mass is 16.1. The van der Waals surface area contributed by atoms with Gasteiger partial charge in [-0.3, -0.25) is 4.79 Å². The van der Waals surface area contributed by atoms with Crippen LogP contribution >= 0.6 is 0 Å². The molecule has 2 unspecified atom stereocenters. The van der Waals surface area contributed by atoms with Crippen molar-refractivity contribution in [2.24, 2.45) is 5.92 Å². The normalized spacial score (nSPS) is 14.8. The molecule has 0 fully saturated rings. The summed E-state index contributed by atoms with van der Waals surface area (Å²) in [6.45, 7) is 13.8. The Morgan fingerprint density at radius 1 is 1.31 bits per heavy atom. The minimum atomic E-state index is -0.0976. The average Bonchev–Trinajstić information content (AvgIpc) is 2.87. The average molecular weight is 354 g/mol. The summed E-state index contributed by atoms with van der Waals surface area (Å²) < 4.78 is 2.30. The van der Waals surface area contributed by atoms with Gasteiger partial charge in [0.2, 0.25) is 0 Å². The molecule has 2 aromatic heterocycles. The van der Waals surface area contributed by atoms with Gasteiger partial charge in [-0.15, -0.1) is 0 Å². The van der Waals surface area contributed by atoms with Gasteiger partial charge in [0.05, 0.1) is 12.0 Å². The van der Waals surface area contributed by atoms with Crippen molar-refractivity contribution in [2.75, 3.05) is 0 Å². The number of aromatic amines is 1. The third kappa shape index (κ3) is 4.63. The molecule has 0 spiro atoms. The van der Waals surface area contributed by atoms with Gasteiger partial charge in [-0.2, -0.15) is 0 Å². The smallest absolute Gasteiger partial charge is 0.250 e. The summed E-state index contributed by atoms with van der Waals surface area (Å²) in [6.07, 6.45) is 11.3. The van der Waals surface area contributed by atoms with Crippen LogP contribution in [0.15, 0.2) is 47.2 Å². The second-order valence-corrected chi connectivity index (χ2v) is 7.15. The van der Waals surface area contributed by atoms with Crippen LogP contribution in [0.2, 0.25) is 0 Å². The maximum absolute atomic E-state index is 11.5. The highest BCUT2D eigenvalue weighted by Crippen LogP contribution is 2.25. The molecule has 0 aromatic carbocycles.